The zero-order valence-electron chi connectivity index (χ0n) is 23.8. The van der Waals surface area contributed by atoms with Crippen molar-refractivity contribution in [1.82, 2.24) is 5.32 Å². The van der Waals surface area contributed by atoms with E-state index in [-0.39, 0.29) is 40.7 Å². The SMILES string of the molecule is COC(=O)CCCCCNC(=O)[C@@H](C)[C@H]1CC[C@H]2[C@@H]3CC=C4C[C@@H](OC(C)=O)CC[C@]4(C)[C@H]3CC[C@]12C. The van der Waals surface area contributed by atoms with Gasteiger partial charge in [0.25, 0.3) is 0 Å². The molecular formula is C31H49NO5. The van der Waals surface area contributed by atoms with Crippen LogP contribution in [0.15, 0.2) is 11.6 Å². The molecular weight excluding hydrogens is 466 g/mol. The maximum absolute atomic E-state index is 13.1. The molecule has 4 aliphatic carbocycles. The predicted octanol–water partition coefficient (Wildman–Crippen LogP) is 5.98. The average Bonchev–Trinajstić information content (AvgIpc) is 3.22. The van der Waals surface area contributed by atoms with Crippen molar-refractivity contribution in [2.45, 2.75) is 111 Å². The number of carbonyl (C=O) groups is 3. The Morgan fingerprint density at radius 3 is 2.57 bits per heavy atom. The second-order valence-electron chi connectivity index (χ2n) is 12.9. The zero-order chi connectivity index (χ0) is 26.8. The number of allylic oxidation sites excluding steroid dienone is 1. The summed E-state index contributed by atoms with van der Waals surface area (Å²) in [5, 5.41) is 3.19. The summed E-state index contributed by atoms with van der Waals surface area (Å²) in [6.07, 6.45) is 14.6. The van der Waals surface area contributed by atoms with Crippen LogP contribution in [0.1, 0.15) is 105 Å². The van der Waals surface area contributed by atoms with Gasteiger partial charge < -0.3 is 14.8 Å². The van der Waals surface area contributed by atoms with E-state index in [0.717, 1.165) is 51.4 Å². The van der Waals surface area contributed by atoms with E-state index in [9.17, 15) is 14.4 Å². The van der Waals surface area contributed by atoms with Crippen LogP contribution in [0, 0.1) is 40.4 Å². The number of rotatable bonds is 9. The van der Waals surface area contributed by atoms with Crippen molar-refractivity contribution in [3.05, 3.63) is 11.6 Å². The highest BCUT2D eigenvalue weighted by molar-refractivity contribution is 5.78. The molecule has 8 atom stereocenters. The molecule has 0 aromatic carbocycles. The number of carbonyl (C=O) groups excluding carboxylic acids is 3. The molecule has 37 heavy (non-hydrogen) atoms. The first-order chi connectivity index (χ1) is 17.6. The summed E-state index contributed by atoms with van der Waals surface area (Å²) in [5.74, 6) is 2.44. The molecule has 6 nitrogen and oxygen atoms in total. The number of amides is 1. The summed E-state index contributed by atoms with van der Waals surface area (Å²) in [5.41, 5.74) is 1.99. The van der Waals surface area contributed by atoms with Crippen molar-refractivity contribution >= 4 is 17.8 Å². The lowest BCUT2D eigenvalue weighted by atomic mass is 9.47. The van der Waals surface area contributed by atoms with Crippen LogP contribution in [0.3, 0.4) is 0 Å². The second kappa shape index (κ2) is 11.5. The van der Waals surface area contributed by atoms with E-state index >= 15 is 0 Å². The van der Waals surface area contributed by atoms with Gasteiger partial charge in [0.15, 0.2) is 0 Å². The summed E-state index contributed by atoms with van der Waals surface area (Å²) in [6.45, 7) is 9.32. The van der Waals surface area contributed by atoms with Gasteiger partial charge >= 0.3 is 11.9 Å². The predicted molar refractivity (Wildman–Crippen MR) is 143 cm³/mol. The van der Waals surface area contributed by atoms with Gasteiger partial charge in [-0.1, -0.05) is 38.8 Å². The molecule has 0 unspecified atom stereocenters. The number of hydrogen-bond acceptors (Lipinski definition) is 5. The molecule has 4 rings (SSSR count). The highest BCUT2D eigenvalue weighted by Gasteiger charge is 2.59. The molecule has 1 N–H and O–H groups in total. The lowest BCUT2D eigenvalue weighted by molar-refractivity contribution is -0.148. The second-order valence-corrected chi connectivity index (χ2v) is 12.9. The van der Waals surface area contributed by atoms with E-state index in [2.05, 4.69) is 36.9 Å². The Hall–Kier alpha value is -1.85. The summed E-state index contributed by atoms with van der Waals surface area (Å²) < 4.78 is 10.3. The van der Waals surface area contributed by atoms with Gasteiger partial charge in [0.1, 0.15) is 6.10 Å². The molecule has 0 aliphatic heterocycles. The Labute approximate surface area is 223 Å². The van der Waals surface area contributed by atoms with Gasteiger partial charge in [-0.3, -0.25) is 14.4 Å². The highest BCUT2D eigenvalue weighted by Crippen LogP contribution is 2.67. The number of hydrogen-bond donors (Lipinski definition) is 1. The Morgan fingerprint density at radius 2 is 1.84 bits per heavy atom. The number of ether oxygens (including phenoxy) is 2. The largest absolute Gasteiger partial charge is 0.469 e. The summed E-state index contributed by atoms with van der Waals surface area (Å²) in [7, 11) is 1.42. The minimum absolute atomic E-state index is 0.0334. The minimum atomic E-state index is -0.162. The van der Waals surface area contributed by atoms with Gasteiger partial charge in [-0.25, -0.2) is 0 Å². The van der Waals surface area contributed by atoms with Crippen LogP contribution < -0.4 is 5.32 Å². The Morgan fingerprint density at radius 1 is 1.05 bits per heavy atom. The van der Waals surface area contributed by atoms with Crippen LogP contribution in [0.4, 0.5) is 0 Å². The Bertz CT molecular complexity index is 898. The lowest BCUT2D eigenvalue weighted by Gasteiger charge is -2.58. The lowest BCUT2D eigenvalue weighted by Crippen LogP contribution is -2.51. The van der Waals surface area contributed by atoms with Crippen LogP contribution in [-0.2, 0) is 23.9 Å². The molecule has 0 saturated heterocycles. The van der Waals surface area contributed by atoms with Crippen LogP contribution in [0.2, 0.25) is 0 Å². The van der Waals surface area contributed by atoms with E-state index in [1.807, 2.05) is 0 Å². The van der Waals surface area contributed by atoms with Crippen LogP contribution in [0.25, 0.3) is 0 Å². The first-order valence-corrected chi connectivity index (χ1v) is 14.8. The van der Waals surface area contributed by atoms with Crippen molar-refractivity contribution in [1.29, 1.82) is 0 Å². The minimum Gasteiger partial charge on any atom is -0.469 e. The number of nitrogens with one attached hydrogen (secondary N) is 1. The van der Waals surface area contributed by atoms with E-state index < -0.39 is 0 Å². The van der Waals surface area contributed by atoms with Crippen molar-refractivity contribution in [2.75, 3.05) is 13.7 Å². The van der Waals surface area contributed by atoms with E-state index in [0.29, 0.717) is 36.6 Å². The topological polar surface area (TPSA) is 81.7 Å². The first kappa shape index (κ1) is 28.2. The van der Waals surface area contributed by atoms with E-state index in [1.165, 1.54) is 38.9 Å². The van der Waals surface area contributed by atoms with Gasteiger partial charge in [-0.2, -0.15) is 0 Å². The van der Waals surface area contributed by atoms with Crippen molar-refractivity contribution in [3.8, 4) is 0 Å². The third-order valence-electron chi connectivity index (χ3n) is 11.1. The quantitative estimate of drug-likeness (QED) is 0.232. The zero-order valence-corrected chi connectivity index (χ0v) is 23.8. The third kappa shape index (κ3) is 5.63. The molecule has 0 spiro atoms. The average molecular weight is 516 g/mol. The van der Waals surface area contributed by atoms with Crippen molar-refractivity contribution < 1.29 is 23.9 Å². The molecule has 0 aromatic heterocycles. The molecule has 0 bridgehead atoms. The Balaban J connectivity index is 1.34. The van der Waals surface area contributed by atoms with E-state index in [4.69, 9.17) is 4.74 Å². The Kier molecular flexibility index (Phi) is 8.75. The monoisotopic (exact) mass is 515 g/mol. The standard InChI is InChI=1S/C31H49NO5/c1-20(29(35)32-18-8-6-7-9-28(34)36-5)25-12-13-26-24-11-10-22-19-23(37-21(2)33)14-16-30(22,3)27(24)15-17-31(25,26)4/h10,20,23-27H,6-9,11-19H2,1-5H3,(H,32,35)/t20-,23-,24-,25+,26-,27-,30-,31+/m0/s1. The molecule has 1 amide bonds. The molecule has 4 aliphatic rings. The highest BCUT2D eigenvalue weighted by atomic mass is 16.5. The first-order valence-electron chi connectivity index (χ1n) is 14.8. The fourth-order valence-corrected chi connectivity index (χ4v) is 9.05. The number of methoxy groups -OCH3 is 1. The third-order valence-corrected chi connectivity index (χ3v) is 11.1. The molecule has 0 aromatic rings. The number of esters is 2. The van der Waals surface area contributed by atoms with Gasteiger partial charge in [-0.05, 0) is 92.3 Å². The van der Waals surface area contributed by atoms with Crippen LogP contribution >= 0.6 is 0 Å². The van der Waals surface area contributed by atoms with Crippen LogP contribution in [0.5, 0.6) is 0 Å². The normalized spacial score (nSPS) is 37.3. The van der Waals surface area contributed by atoms with Crippen molar-refractivity contribution in [3.63, 3.8) is 0 Å². The molecule has 0 radical (unpaired) electrons. The van der Waals surface area contributed by atoms with Crippen LogP contribution in [-0.4, -0.2) is 37.6 Å². The molecule has 3 fully saturated rings. The fraction of sp³-hybridized carbons (Fsp3) is 0.839. The molecule has 0 heterocycles. The maximum atomic E-state index is 13.1. The van der Waals surface area contributed by atoms with Gasteiger partial charge in [-0.15, -0.1) is 0 Å². The van der Waals surface area contributed by atoms with Gasteiger partial charge in [0.05, 0.1) is 7.11 Å². The number of unbranched alkanes of at least 4 members (excludes halogenated alkanes) is 2. The summed E-state index contributed by atoms with van der Waals surface area (Å²) >= 11 is 0. The fourth-order valence-electron chi connectivity index (χ4n) is 9.05. The van der Waals surface area contributed by atoms with Gasteiger partial charge in [0, 0.05) is 32.2 Å². The maximum Gasteiger partial charge on any atom is 0.305 e. The van der Waals surface area contributed by atoms with E-state index in [1.54, 1.807) is 0 Å². The van der Waals surface area contributed by atoms with Crippen molar-refractivity contribution in [2.24, 2.45) is 40.4 Å². The number of fused-ring (bicyclic) bond motifs is 5. The van der Waals surface area contributed by atoms with Gasteiger partial charge in [0.2, 0.25) is 5.91 Å². The summed E-state index contributed by atoms with van der Waals surface area (Å²) in [4.78, 5) is 35.9. The molecule has 6 heteroatoms. The smallest absolute Gasteiger partial charge is 0.305 e. The summed E-state index contributed by atoms with van der Waals surface area (Å²) in [6, 6.07) is 0. The molecule has 208 valence electrons. The molecule has 3 saturated carbocycles.